The molecule has 1 saturated carbocycles. The summed E-state index contributed by atoms with van der Waals surface area (Å²) in [6.07, 6.45) is 5.70. The fourth-order valence-electron chi connectivity index (χ4n) is 4.48. The summed E-state index contributed by atoms with van der Waals surface area (Å²) in [6.45, 7) is 1.08. The van der Waals surface area contributed by atoms with Crippen molar-refractivity contribution in [2.75, 3.05) is 40.4 Å². The molecule has 11 heteroatoms. The van der Waals surface area contributed by atoms with Gasteiger partial charge in [0.1, 0.15) is 10.6 Å². The number of fused-ring (bicyclic) bond motifs is 1. The SMILES string of the molecule is O=C(Nc1csc2ncc(F)cc12)c1ccc(NS(=O)(=O)CCO)cc1N1CCC2(CC1)CC2. The van der Waals surface area contributed by atoms with Gasteiger partial charge in [0.15, 0.2) is 0 Å². The Balaban J connectivity index is 1.45. The van der Waals surface area contributed by atoms with Crippen LogP contribution in [0.3, 0.4) is 0 Å². The molecule has 1 aliphatic heterocycles. The molecule has 1 spiro atoms. The molecule has 1 amide bonds. The standard InChI is InChI=1S/C23H25FN4O4S2/c24-15-11-18-19(14-33-22(18)25-13-15)26-21(30)17-2-1-16(27-34(31,32)10-9-29)12-20(17)28-7-5-23(3-4-23)6-8-28/h1-2,11-14,27,29H,3-10H2,(H,26,30). The summed E-state index contributed by atoms with van der Waals surface area (Å²) >= 11 is 1.31. The maximum Gasteiger partial charge on any atom is 0.257 e. The molecule has 3 aromatic rings. The largest absolute Gasteiger partial charge is 0.395 e. The maximum atomic E-state index is 13.7. The van der Waals surface area contributed by atoms with E-state index in [0.717, 1.165) is 32.1 Å². The fraction of sp³-hybridized carbons (Fsp3) is 0.391. The molecular weight excluding hydrogens is 479 g/mol. The zero-order valence-electron chi connectivity index (χ0n) is 18.4. The number of amides is 1. The van der Waals surface area contributed by atoms with E-state index in [1.807, 2.05) is 0 Å². The van der Waals surface area contributed by atoms with Crippen LogP contribution in [-0.4, -0.2) is 49.9 Å². The smallest absolute Gasteiger partial charge is 0.257 e. The lowest BCUT2D eigenvalue weighted by Crippen LogP contribution is -2.35. The van der Waals surface area contributed by atoms with E-state index in [2.05, 4.69) is 19.9 Å². The normalized spacial score (nSPS) is 17.2. The molecule has 1 aromatic carbocycles. The van der Waals surface area contributed by atoms with E-state index in [9.17, 15) is 17.6 Å². The molecule has 0 unspecified atom stereocenters. The van der Waals surface area contributed by atoms with Crippen LogP contribution in [0, 0.1) is 11.2 Å². The summed E-state index contributed by atoms with van der Waals surface area (Å²) < 4.78 is 40.5. The first kappa shape index (κ1) is 23.0. The van der Waals surface area contributed by atoms with E-state index >= 15 is 0 Å². The Morgan fingerprint density at radius 2 is 1.97 bits per heavy atom. The monoisotopic (exact) mass is 504 g/mol. The minimum atomic E-state index is -3.70. The molecular formula is C23H25FN4O4S2. The number of aromatic nitrogens is 1. The van der Waals surface area contributed by atoms with Gasteiger partial charge in [-0.25, -0.2) is 17.8 Å². The van der Waals surface area contributed by atoms with Crippen LogP contribution in [-0.2, 0) is 10.0 Å². The predicted molar refractivity (Wildman–Crippen MR) is 132 cm³/mol. The summed E-state index contributed by atoms with van der Waals surface area (Å²) in [5.41, 5.74) is 2.29. The second kappa shape index (κ2) is 8.79. The highest BCUT2D eigenvalue weighted by molar-refractivity contribution is 7.92. The first-order valence-corrected chi connectivity index (χ1v) is 13.7. The Labute approximate surface area is 200 Å². The topological polar surface area (TPSA) is 112 Å². The number of aliphatic hydroxyl groups excluding tert-OH is 1. The predicted octanol–water partition coefficient (Wildman–Crippen LogP) is 3.80. The van der Waals surface area contributed by atoms with E-state index in [0.29, 0.717) is 38.3 Å². The van der Waals surface area contributed by atoms with Gasteiger partial charge in [-0.05, 0) is 55.4 Å². The van der Waals surface area contributed by atoms with Crippen molar-refractivity contribution in [1.82, 2.24) is 4.98 Å². The van der Waals surface area contributed by atoms with Gasteiger partial charge in [-0.3, -0.25) is 9.52 Å². The highest BCUT2D eigenvalue weighted by atomic mass is 32.2. The van der Waals surface area contributed by atoms with Crippen LogP contribution in [0.15, 0.2) is 35.8 Å². The molecule has 0 bridgehead atoms. The van der Waals surface area contributed by atoms with Gasteiger partial charge in [-0.15, -0.1) is 11.3 Å². The molecule has 1 aliphatic carbocycles. The summed E-state index contributed by atoms with van der Waals surface area (Å²) in [5.74, 6) is -1.26. The van der Waals surface area contributed by atoms with E-state index in [-0.39, 0.29) is 5.91 Å². The Kier molecular flexibility index (Phi) is 5.95. The average Bonchev–Trinajstić information content (AvgIpc) is 3.44. The number of halogens is 1. The first-order valence-electron chi connectivity index (χ1n) is 11.1. The number of aliphatic hydroxyl groups is 1. The number of nitrogens with one attached hydrogen (secondary N) is 2. The number of hydrogen-bond donors (Lipinski definition) is 3. The minimum absolute atomic E-state index is 0.332. The highest BCUT2D eigenvalue weighted by Gasteiger charge is 2.44. The Morgan fingerprint density at radius 3 is 2.68 bits per heavy atom. The maximum absolute atomic E-state index is 13.7. The minimum Gasteiger partial charge on any atom is -0.395 e. The molecule has 0 radical (unpaired) electrons. The van der Waals surface area contributed by atoms with Gasteiger partial charge < -0.3 is 15.3 Å². The number of anilines is 3. The number of carbonyl (C=O) groups excluding carboxylic acids is 1. The number of piperidine rings is 1. The van der Waals surface area contributed by atoms with Gasteiger partial charge in [0, 0.05) is 23.9 Å². The van der Waals surface area contributed by atoms with Crippen molar-refractivity contribution in [3.05, 3.63) is 47.2 Å². The second-order valence-electron chi connectivity index (χ2n) is 8.97. The van der Waals surface area contributed by atoms with E-state index in [1.54, 1.807) is 17.5 Å². The van der Waals surface area contributed by atoms with Gasteiger partial charge in [0.05, 0.1) is 41.2 Å². The number of sulfonamides is 1. The summed E-state index contributed by atoms with van der Waals surface area (Å²) in [4.78, 5) is 20.1. The van der Waals surface area contributed by atoms with Crippen LogP contribution >= 0.6 is 11.3 Å². The molecule has 2 aliphatic rings. The molecule has 5 rings (SSSR count). The summed E-state index contributed by atoms with van der Waals surface area (Å²) in [5, 5.41) is 14.1. The number of thiophene rings is 1. The lowest BCUT2D eigenvalue weighted by Gasteiger charge is -2.35. The van der Waals surface area contributed by atoms with E-state index in [4.69, 9.17) is 5.11 Å². The quantitative estimate of drug-likeness (QED) is 0.451. The molecule has 3 N–H and O–H groups in total. The van der Waals surface area contributed by atoms with E-state index < -0.39 is 28.2 Å². The molecule has 0 atom stereocenters. The molecule has 34 heavy (non-hydrogen) atoms. The Bertz CT molecular complexity index is 1340. The Hall–Kier alpha value is -2.76. The number of hydrogen-bond acceptors (Lipinski definition) is 7. The number of pyridine rings is 1. The first-order chi connectivity index (χ1) is 16.3. The van der Waals surface area contributed by atoms with Crippen molar-refractivity contribution in [1.29, 1.82) is 0 Å². The van der Waals surface area contributed by atoms with Crippen LogP contribution in [0.25, 0.3) is 10.2 Å². The van der Waals surface area contributed by atoms with Crippen LogP contribution in [0.2, 0.25) is 0 Å². The van der Waals surface area contributed by atoms with Crippen LogP contribution in [0.4, 0.5) is 21.5 Å². The molecule has 180 valence electrons. The summed E-state index contributed by atoms with van der Waals surface area (Å²) in [6, 6.07) is 6.14. The molecule has 3 heterocycles. The van der Waals surface area contributed by atoms with Gasteiger partial charge >= 0.3 is 0 Å². The van der Waals surface area contributed by atoms with Gasteiger partial charge in [0.25, 0.3) is 5.91 Å². The summed E-state index contributed by atoms with van der Waals surface area (Å²) in [7, 11) is -3.70. The molecule has 2 fully saturated rings. The lowest BCUT2D eigenvalue weighted by atomic mass is 9.93. The number of carbonyl (C=O) groups is 1. The van der Waals surface area contributed by atoms with Crippen molar-refractivity contribution in [2.24, 2.45) is 5.41 Å². The van der Waals surface area contributed by atoms with Gasteiger partial charge in [-0.1, -0.05) is 0 Å². The third kappa shape index (κ3) is 4.73. The lowest BCUT2D eigenvalue weighted by molar-refractivity contribution is 0.102. The number of nitrogens with zero attached hydrogens (tertiary/aromatic N) is 2. The molecule has 8 nitrogen and oxygen atoms in total. The fourth-order valence-corrected chi connectivity index (χ4v) is 6.13. The van der Waals surface area contributed by atoms with Crippen molar-refractivity contribution >= 4 is 54.5 Å². The van der Waals surface area contributed by atoms with E-state index in [1.165, 1.54) is 36.3 Å². The molecule has 1 saturated heterocycles. The third-order valence-electron chi connectivity index (χ3n) is 6.64. The van der Waals surface area contributed by atoms with Gasteiger partial charge in [-0.2, -0.15) is 0 Å². The Morgan fingerprint density at radius 1 is 1.21 bits per heavy atom. The van der Waals surface area contributed by atoms with Crippen molar-refractivity contribution < 1.29 is 22.7 Å². The van der Waals surface area contributed by atoms with Crippen molar-refractivity contribution in [3.8, 4) is 0 Å². The number of rotatable bonds is 7. The zero-order valence-corrected chi connectivity index (χ0v) is 20.0. The van der Waals surface area contributed by atoms with Crippen LogP contribution < -0.4 is 14.9 Å². The second-order valence-corrected chi connectivity index (χ2v) is 11.7. The van der Waals surface area contributed by atoms with Crippen molar-refractivity contribution in [2.45, 2.75) is 25.7 Å². The zero-order chi connectivity index (χ0) is 23.9. The average molecular weight is 505 g/mol. The van der Waals surface area contributed by atoms with Crippen LogP contribution in [0.5, 0.6) is 0 Å². The number of benzene rings is 1. The highest BCUT2D eigenvalue weighted by Crippen LogP contribution is 2.54. The molecule has 2 aromatic heterocycles. The van der Waals surface area contributed by atoms with Crippen LogP contribution in [0.1, 0.15) is 36.0 Å². The van der Waals surface area contributed by atoms with Crippen molar-refractivity contribution in [3.63, 3.8) is 0 Å². The van der Waals surface area contributed by atoms with Gasteiger partial charge in [0.2, 0.25) is 10.0 Å². The third-order valence-corrected chi connectivity index (χ3v) is 8.81.